The Balaban J connectivity index is 1.43. The summed E-state index contributed by atoms with van der Waals surface area (Å²) in [6, 6.07) is 0.0976. The van der Waals surface area contributed by atoms with Gasteiger partial charge < -0.3 is 10.2 Å². The standard InChI is InChI=1S/C19H29N5O2S/c1-12-6-3-7-14(13(12)2)20-17(26)15-8-4-10-23(15)18-21-22-19(27-18)24-11-5-9-16(24)25/h12-15H,3-11H2,1-2H3,(H,20,26)/t12-,13+,14+,15-/m1/s1. The van der Waals surface area contributed by atoms with Crippen molar-refractivity contribution in [1.82, 2.24) is 15.5 Å². The van der Waals surface area contributed by atoms with Crippen LogP contribution in [0, 0.1) is 11.8 Å². The van der Waals surface area contributed by atoms with Crippen molar-refractivity contribution in [2.24, 2.45) is 11.8 Å². The van der Waals surface area contributed by atoms with Crippen LogP contribution in [0.1, 0.15) is 58.8 Å². The summed E-state index contributed by atoms with van der Waals surface area (Å²) < 4.78 is 0. The van der Waals surface area contributed by atoms with Crippen molar-refractivity contribution in [2.45, 2.75) is 70.9 Å². The number of hydrogen-bond donors (Lipinski definition) is 1. The molecule has 2 amide bonds. The summed E-state index contributed by atoms with van der Waals surface area (Å²) in [5.41, 5.74) is 0. The molecule has 1 N–H and O–H groups in total. The molecule has 0 radical (unpaired) electrons. The Morgan fingerprint density at radius 2 is 1.89 bits per heavy atom. The highest BCUT2D eigenvalue weighted by Crippen LogP contribution is 2.34. The van der Waals surface area contributed by atoms with E-state index in [-0.39, 0.29) is 23.9 Å². The van der Waals surface area contributed by atoms with Crippen molar-refractivity contribution >= 4 is 33.4 Å². The summed E-state index contributed by atoms with van der Waals surface area (Å²) in [5, 5.41) is 13.3. The van der Waals surface area contributed by atoms with Crippen molar-refractivity contribution in [3.05, 3.63) is 0 Å². The first kappa shape index (κ1) is 18.7. The first-order valence-corrected chi connectivity index (χ1v) is 11.1. The van der Waals surface area contributed by atoms with Crippen LogP contribution in [0.2, 0.25) is 0 Å². The second-order valence-corrected chi connectivity index (χ2v) is 9.18. The molecule has 3 aliphatic rings. The van der Waals surface area contributed by atoms with Gasteiger partial charge in [-0.1, -0.05) is 38.0 Å². The molecule has 0 bridgehead atoms. The van der Waals surface area contributed by atoms with Crippen molar-refractivity contribution in [2.75, 3.05) is 22.9 Å². The molecule has 3 fully saturated rings. The van der Waals surface area contributed by atoms with Gasteiger partial charge in [0.05, 0.1) is 0 Å². The Morgan fingerprint density at radius 3 is 2.67 bits per heavy atom. The number of nitrogens with one attached hydrogen (secondary N) is 1. The molecule has 27 heavy (non-hydrogen) atoms. The zero-order valence-corrected chi connectivity index (χ0v) is 17.0. The van der Waals surface area contributed by atoms with Crippen molar-refractivity contribution < 1.29 is 9.59 Å². The Kier molecular flexibility index (Phi) is 5.34. The minimum atomic E-state index is -0.176. The zero-order valence-electron chi connectivity index (χ0n) is 16.2. The van der Waals surface area contributed by atoms with E-state index in [2.05, 4.69) is 34.3 Å². The van der Waals surface area contributed by atoms with Gasteiger partial charge in [0, 0.05) is 25.6 Å². The summed E-state index contributed by atoms with van der Waals surface area (Å²) in [4.78, 5) is 28.7. The van der Waals surface area contributed by atoms with Crippen LogP contribution in [0.15, 0.2) is 0 Å². The van der Waals surface area contributed by atoms with Gasteiger partial charge in [0.25, 0.3) is 0 Å². The average Bonchev–Trinajstić information content (AvgIpc) is 3.38. The topological polar surface area (TPSA) is 78.4 Å². The Bertz CT molecular complexity index is 708. The third kappa shape index (κ3) is 3.68. The first-order valence-electron chi connectivity index (χ1n) is 10.3. The number of carbonyl (C=O) groups excluding carboxylic acids is 2. The summed E-state index contributed by atoms with van der Waals surface area (Å²) >= 11 is 1.43. The Hall–Kier alpha value is -1.70. The van der Waals surface area contributed by atoms with E-state index in [1.807, 2.05) is 0 Å². The first-order chi connectivity index (χ1) is 13.0. The van der Waals surface area contributed by atoms with Crippen molar-refractivity contribution in [1.29, 1.82) is 0 Å². The van der Waals surface area contributed by atoms with E-state index in [9.17, 15) is 9.59 Å². The summed E-state index contributed by atoms with van der Waals surface area (Å²) in [5.74, 6) is 1.42. The van der Waals surface area contributed by atoms with Crippen LogP contribution in [-0.4, -0.2) is 47.2 Å². The summed E-state index contributed by atoms with van der Waals surface area (Å²) in [6.45, 7) is 6.07. The van der Waals surface area contributed by atoms with Crippen LogP contribution < -0.4 is 15.1 Å². The number of anilines is 2. The Morgan fingerprint density at radius 1 is 1.07 bits per heavy atom. The quantitative estimate of drug-likeness (QED) is 0.853. The molecule has 3 heterocycles. The Labute approximate surface area is 164 Å². The number of nitrogens with zero attached hydrogens (tertiary/aromatic N) is 4. The monoisotopic (exact) mass is 391 g/mol. The maximum absolute atomic E-state index is 13.0. The molecule has 0 unspecified atom stereocenters. The second-order valence-electron chi connectivity index (χ2n) is 8.25. The van der Waals surface area contributed by atoms with Gasteiger partial charge in [0.2, 0.25) is 22.1 Å². The van der Waals surface area contributed by atoms with Crippen LogP contribution in [0.5, 0.6) is 0 Å². The number of carbonyl (C=O) groups is 2. The molecule has 1 aliphatic carbocycles. The third-order valence-electron chi connectivity index (χ3n) is 6.54. The number of rotatable bonds is 4. The predicted octanol–water partition coefficient (Wildman–Crippen LogP) is 2.57. The fourth-order valence-corrected chi connectivity index (χ4v) is 5.58. The molecule has 2 aliphatic heterocycles. The molecular weight excluding hydrogens is 362 g/mol. The molecule has 2 saturated heterocycles. The van der Waals surface area contributed by atoms with Crippen LogP contribution in [-0.2, 0) is 9.59 Å². The van der Waals surface area contributed by atoms with Gasteiger partial charge in [0.1, 0.15) is 6.04 Å². The van der Waals surface area contributed by atoms with E-state index in [0.29, 0.717) is 23.4 Å². The molecule has 0 spiro atoms. The summed E-state index contributed by atoms with van der Waals surface area (Å²) in [7, 11) is 0. The maximum atomic E-state index is 13.0. The lowest BCUT2D eigenvalue weighted by Gasteiger charge is -2.36. The van der Waals surface area contributed by atoms with Gasteiger partial charge in [0.15, 0.2) is 0 Å². The molecule has 8 heteroatoms. The number of hydrogen-bond acceptors (Lipinski definition) is 6. The lowest BCUT2D eigenvalue weighted by molar-refractivity contribution is -0.123. The van der Waals surface area contributed by atoms with Crippen LogP contribution >= 0.6 is 11.3 Å². The van der Waals surface area contributed by atoms with Crippen LogP contribution in [0.3, 0.4) is 0 Å². The van der Waals surface area contributed by atoms with Gasteiger partial charge >= 0.3 is 0 Å². The van der Waals surface area contributed by atoms with Gasteiger partial charge in [-0.05, 0) is 37.5 Å². The lowest BCUT2D eigenvalue weighted by atomic mass is 9.78. The normalized spacial score (nSPS) is 31.6. The number of aromatic nitrogens is 2. The predicted molar refractivity (Wildman–Crippen MR) is 106 cm³/mol. The molecule has 7 nitrogen and oxygen atoms in total. The van der Waals surface area contributed by atoms with Crippen molar-refractivity contribution in [3.8, 4) is 0 Å². The third-order valence-corrected chi connectivity index (χ3v) is 7.53. The molecule has 4 atom stereocenters. The van der Waals surface area contributed by atoms with Crippen LogP contribution in [0.25, 0.3) is 0 Å². The summed E-state index contributed by atoms with van der Waals surface area (Å²) in [6.07, 6.45) is 6.80. The van der Waals surface area contributed by atoms with E-state index in [1.54, 1.807) is 4.90 Å². The zero-order chi connectivity index (χ0) is 19.0. The van der Waals surface area contributed by atoms with E-state index >= 15 is 0 Å². The smallest absolute Gasteiger partial charge is 0.243 e. The molecule has 148 valence electrons. The number of amides is 2. The lowest BCUT2D eigenvalue weighted by Crippen LogP contribution is -2.50. The minimum absolute atomic E-state index is 0.118. The van der Waals surface area contributed by atoms with Gasteiger partial charge in [-0.25, -0.2) is 0 Å². The highest BCUT2D eigenvalue weighted by Gasteiger charge is 2.36. The minimum Gasteiger partial charge on any atom is -0.351 e. The second kappa shape index (κ2) is 7.73. The van der Waals surface area contributed by atoms with Gasteiger partial charge in [-0.15, -0.1) is 10.2 Å². The highest BCUT2D eigenvalue weighted by atomic mass is 32.1. The van der Waals surface area contributed by atoms with E-state index in [4.69, 9.17) is 0 Å². The molecular formula is C19H29N5O2S. The highest BCUT2D eigenvalue weighted by molar-refractivity contribution is 7.19. The average molecular weight is 392 g/mol. The van der Waals surface area contributed by atoms with Gasteiger partial charge in [-0.2, -0.15) is 0 Å². The van der Waals surface area contributed by atoms with E-state index in [1.165, 1.54) is 24.2 Å². The largest absolute Gasteiger partial charge is 0.351 e. The molecule has 1 aromatic heterocycles. The molecule has 0 aromatic carbocycles. The fourth-order valence-electron chi connectivity index (χ4n) is 4.62. The molecule has 1 aromatic rings. The van der Waals surface area contributed by atoms with Crippen LogP contribution in [0.4, 0.5) is 10.3 Å². The van der Waals surface area contributed by atoms with Gasteiger partial charge in [-0.3, -0.25) is 14.5 Å². The van der Waals surface area contributed by atoms with E-state index < -0.39 is 0 Å². The molecule has 4 rings (SSSR count). The maximum Gasteiger partial charge on any atom is 0.243 e. The fraction of sp³-hybridized carbons (Fsp3) is 0.789. The molecule has 1 saturated carbocycles. The van der Waals surface area contributed by atoms with Crippen molar-refractivity contribution in [3.63, 3.8) is 0 Å². The SMILES string of the molecule is C[C@H]1[C@H](C)CCC[C@@H]1NC(=O)[C@H]1CCCN1c1nnc(N2CCCC2=O)s1. The van der Waals surface area contributed by atoms with E-state index in [0.717, 1.165) is 43.9 Å².